The van der Waals surface area contributed by atoms with E-state index < -0.39 is 16.2 Å². The highest BCUT2D eigenvalue weighted by molar-refractivity contribution is 7.86. The molecule has 0 bridgehead atoms. The summed E-state index contributed by atoms with van der Waals surface area (Å²) in [4.78, 5) is 8.85. The molecule has 11 nitrogen and oxygen atoms in total. The van der Waals surface area contributed by atoms with E-state index in [1.54, 1.807) is 26.0 Å². The standard InChI is InChI=1S/C14H19NO3.C11H16O4S.C10H11NO2.6C2H6/c1-11(16)7-8-17-9-13-10-18-14(15-13)12-5-3-2-4-6-12;1-9-3-5-11(6-4-9)16(13,14)15-8-7-10(2)12;12-6-9-7-13-10(11-9)8-4-2-1-3-5-8;6*1-2/h2-6,11,13,16H,7-10H2,1H3;3-6,10,12H,7-8H2,1-2H3;1-5,9,12H,6-7H2;6*1-2H3/t11-,13-;10-;9-;;;;;;/m111....../s1. The number of hydrogen-bond acceptors (Lipinski definition) is 11. The lowest BCUT2D eigenvalue weighted by molar-refractivity contribution is 0.0777. The number of aliphatic hydroxyl groups excluding tert-OH is 3. The van der Waals surface area contributed by atoms with Gasteiger partial charge in [0.2, 0.25) is 11.8 Å². The first-order valence-corrected chi connectivity index (χ1v) is 23.0. The van der Waals surface area contributed by atoms with Crippen LogP contribution in [0, 0.1) is 6.92 Å². The van der Waals surface area contributed by atoms with Gasteiger partial charge >= 0.3 is 0 Å². The second-order valence-electron chi connectivity index (χ2n) is 11.2. The summed E-state index contributed by atoms with van der Waals surface area (Å²) in [5.41, 5.74) is 2.96. The van der Waals surface area contributed by atoms with E-state index in [9.17, 15) is 8.42 Å². The fourth-order valence-electron chi connectivity index (χ4n) is 4.06. The molecule has 5 rings (SSSR count). The van der Waals surface area contributed by atoms with Crippen LogP contribution >= 0.6 is 0 Å². The number of ether oxygens (including phenoxy) is 3. The molecule has 2 heterocycles. The summed E-state index contributed by atoms with van der Waals surface area (Å²) >= 11 is 0. The molecule has 0 saturated heterocycles. The number of rotatable bonds is 13. The van der Waals surface area contributed by atoms with Crippen molar-refractivity contribution >= 4 is 21.9 Å². The Morgan fingerprint density at radius 1 is 0.627 bits per heavy atom. The van der Waals surface area contributed by atoms with Crippen molar-refractivity contribution < 1.29 is 42.1 Å². The molecule has 0 aliphatic carbocycles. The summed E-state index contributed by atoms with van der Waals surface area (Å²) < 4.78 is 44.4. The van der Waals surface area contributed by atoms with Gasteiger partial charge in [0.1, 0.15) is 25.3 Å². The molecule has 0 saturated carbocycles. The first-order chi connectivity index (χ1) is 28.6. The Labute approximate surface area is 360 Å². The second-order valence-corrected chi connectivity index (χ2v) is 12.8. The molecule has 3 aromatic rings. The molecular formula is C47H82N2O9S. The van der Waals surface area contributed by atoms with Gasteiger partial charge < -0.3 is 29.5 Å². The van der Waals surface area contributed by atoms with Crippen LogP contribution in [-0.2, 0) is 28.5 Å². The Balaban J connectivity index is -0.000000342. The van der Waals surface area contributed by atoms with Gasteiger partial charge in [-0.1, -0.05) is 137 Å². The van der Waals surface area contributed by atoms with E-state index in [1.165, 1.54) is 12.1 Å². The molecule has 0 unspecified atom stereocenters. The SMILES string of the molecule is CC.CC.CC.CC.CC.CC.C[C@@H](O)CCOC[C@@H]1COC(c2ccccc2)=N1.Cc1ccc(S(=O)(=O)OCC[C@@H](C)O)cc1.OC[C@@H]1COC(c2ccccc2)=N1. The van der Waals surface area contributed by atoms with Crippen molar-refractivity contribution in [3.05, 3.63) is 102 Å². The maximum Gasteiger partial charge on any atom is 0.296 e. The van der Waals surface area contributed by atoms with Crippen LogP contribution in [0.15, 0.2) is 99.8 Å². The molecule has 0 radical (unpaired) electrons. The summed E-state index contributed by atoms with van der Waals surface area (Å²) in [5.74, 6) is 1.33. The zero-order chi connectivity index (χ0) is 46.1. The molecule has 0 aromatic heterocycles. The quantitative estimate of drug-likeness (QED) is 0.113. The van der Waals surface area contributed by atoms with Gasteiger partial charge in [-0.2, -0.15) is 8.42 Å². The summed E-state index contributed by atoms with van der Waals surface area (Å²) in [6.07, 6.45) is 0.0786. The maximum atomic E-state index is 11.6. The Morgan fingerprint density at radius 2 is 1.02 bits per heavy atom. The van der Waals surface area contributed by atoms with Crippen molar-refractivity contribution in [3.8, 4) is 0 Å². The van der Waals surface area contributed by atoms with Crippen molar-refractivity contribution in [2.45, 2.75) is 146 Å². The molecule has 4 atom stereocenters. The number of hydrogen-bond donors (Lipinski definition) is 3. The zero-order valence-corrected chi connectivity index (χ0v) is 40.0. The van der Waals surface area contributed by atoms with Crippen LogP contribution < -0.4 is 0 Å². The van der Waals surface area contributed by atoms with E-state index in [1.807, 2.05) is 151 Å². The summed E-state index contributed by atoms with van der Waals surface area (Å²) in [7, 11) is -3.68. The van der Waals surface area contributed by atoms with Gasteiger partial charge in [-0.05, 0) is 70.0 Å². The van der Waals surface area contributed by atoms with E-state index in [0.29, 0.717) is 51.1 Å². The number of aryl methyl sites for hydroxylation is 1. The maximum absolute atomic E-state index is 11.6. The van der Waals surface area contributed by atoms with Gasteiger partial charge in [-0.25, -0.2) is 9.98 Å². The first-order valence-electron chi connectivity index (χ1n) is 21.6. The molecule has 2 aliphatic heterocycles. The molecule has 0 fully saturated rings. The highest BCUT2D eigenvalue weighted by Gasteiger charge is 2.20. The fraction of sp³-hybridized carbons (Fsp3) is 0.574. The lowest BCUT2D eigenvalue weighted by Crippen LogP contribution is -2.16. The average Bonchev–Trinajstić information content (AvgIpc) is 3.99. The Bertz CT molecular complexity index is 1480. The number of nitrogens with zero attached hydrogens (tertiary/aromatic N) is 2. The lowest BCUT2D eigenvalue weighted by Gasteiger charge is -2.07. The van der Waals surface area contributed by atoms with Crippen LogP contribution in [0.3, 0.4) is 0 Å². The Hall–Kier alpha value is -3.65. The summed E-state index contributed by atoms with van der Waals surface area (Å²) in [5, 5.41) is 26.9. The van der Waals surface area contributed by atoms with Gasteiger partial charge in [-0.15, -0.1) is 0 Å². The normalized spacial score (nSPS) is 15.2. The molecule has 340 valence electrons. The lowest BCUT2D eigenvalue weighted by atomic mass is 10.2. The predicted octanol–water partition coefficient (Wildman–Crippen LogP) is 10.1. The summed E-state index contributed by atoms with van der Waals surface area (Å²) in [6, 6.07) is 26.0. The largest absolute Gasteiger partial charge is 0.475 e. The molecule has 0 amide bonds. The highest BCUT2D eigenvalue weighted by Crippen LogP contribution is 2.15. The third-order valence-electron chi connectivity index (χ3n) is 6.75. The smallest absolute Gasteiger partial charge is 0.296 e. The van der Waals surface area contributed by atoms with E-state index in [2.05, 4.69) is 9.98 Å². The molecule has 12 heteroatoms. The number of aliphatic imine (C=N–C) groups is 2. The third kappa shape index (κ3) is 30.1. The zero-order valence-electron chi connectivity index (χ0n) is 39.1. The molecule has 59 heavy (non-hydrogen) atoms. The first kappa shape index (κ1) is 62.0. The highest BCUT2D eigenvalue weighted by atomic mass is 32.2. The molecule has 0 spiro atoms. The fourth-order valence-corrected chi connectivity index (χ4v) is 4.98. The minimum Gasteiger partial charge on any atom is -0.475 e. The van der Waals surface area contributed by atoms with Crippen molar-refractivity contribution in [3.63, 3.8) is 0 Å². The predicted molar refractivity (Wildman–Crippen MR) is 248 cm³/mol. The van der Waals surface area contributed by atoms with Gasteiger partial charge in [0.25, 0.3) is 10.1 Å². The van der Waals surface area contributed by atoms with Crippen LogP contribution in [0.5, 0.6) is 0 Å². The molecular weight excluding hydrogens is 769 g/mol. The molecule has 2 aliphatic rings. The molecule has 3 aromatic carbocycles. The Kier molecular flexibility index (Phi) is 44.6. The number of aliphatic hydroxyl groups is 3. The van der Waals surface area contributed by atoms with Crippen LogP contribution in [0.25, 0.3) is 0 Å². The van der Waals surface area contributed by atoms with Gasteiger partial charge in [0.15, 0.2) is 0 Å². The van der Waals surface area contributed by atoms with Crippen LogP contribution in [0.2, 0.25) is 0 Å². The van der Waals surface area contributed by atoms with Gasteiger partial charge in [0.05, 0.1) is 36.9 Å². The second kappa shape index (κ2) is 42.5. The topological polar surface area (TPSA) is 156 Å². The van der Waals surface area contributed by atoms with E-state index in [4.69, 9.17) is 33.7 Å². The summed E-state index contributed by atoms with van der Waals surface area (Å²) in [6.45, 7) is 31.4. The monoisotopic (exact) mass is 851 g/mol. The average molecular weight is 851 g/mol. The Morgan fingerprint density at radius 3 is 1.41 bits per heavy atom. The van der Waals surface area contributed by atoms with Crippen molar-refractivity contribution in [2.24, 2.45) is 9.98 Å². The van der Waals surface area contributed by atoms with Crippen molar-refractivity contribution in [1.29, 1.82) is 0 Å². The minimum absolute atomic E-state index is 0.00607. The van der Waals surface area contributed by atoms with E-state index >= 15 is 0 Å². The third-order valence-corrected chi connectivity index (χ3v) is 8.08. The van der Waals surface area contributed by atoms with Crippen molar-refractivity contribution in [2.75, 3.05) is 39.6 Å². The minimum atomic E-state index is -3.68. The van der Waals surface area contributed by atoms with E-state index in [-0.39, 0.29) is 36.3 Å². The van der Waals surface area contributed by atoms with Gasteiger partial charge in [-0.3, -0.25) is 4.18 Å². The van der Waals surface area contributed by atoms with E-state index in [0.717, 1.165) is 16.7 Å². The molecule has 3 N–H and O–H groups in total. The van der Waals surface area contributed by atoms with Crippen LogP contribution in [0.4, 0.5) is 0 Å². The van der Waals surface area contributed by atoms with Gasteiger partial charge in [0, 0.05) is 17.7 Å². The van der Waals surface area contributed by atoms with Crippen LogP contribution in [0.1, 0.15) is 126 Å². The van der Waals surface area contributed by atoms with Crippen molar-refractivity contribution in [1.82, 2.24) is 0 Å². The number of benzene rings is 3. The van der Waals surface area contributed by atoms with Crippen LogP contribution in [-0.4, -0.2) is 99.5 Å².